The highest BCUT2D eigenvalue weighted by atomic mass is 16.3. The number of amides is 1. The molecule has 1 saturated heterocycles. The van der Waals surface area contributed by atoms with Crippen LogP contribution in [0.1, 0.15) is 26.2 Å². The minimum absolute atomic E-state index is 0.201. The Labute approximate surface area is 89.2 Å². The lowest BCUT2D eigenvalue weighted by molar-refractivity contribution is -0.127. The molecule has 1 heterocycles. The van der Waals surface area contributed by atoms with Crippen LogP contribution in [0.25, 0.3) is 0 Å². The van der Waals surface area contributed by atoms with E-state index in [1.54, 1.807) is 0 Å². The largest absolute Gasteiger partial charge is 0.391 e. The molecule has 0 saturated carbocycles. The van der Waals surface area contributed by atoms with Gasteiger partial charge in [0.2, 0.25) is 5.91 Å². The average Bonchev–Trinajstić information content (AvgIpc) is 2.26. The van der Waals surface area contributed by atoms with Crippen molar-refractivity contribution in [1.29, 1.82) is 0 Å². The predicted octanol–water partition coefficient (Wildman–Crippen LogP) is -0.807. The van der Waals surface area contributed by atoms with Crippen LogP contribution >= 0.6 is 0 Å². The summed E-state index contributed by atoms with van der Waals surface area (Å²) in [6.07, 6.45) is 2.60. The Morgan fingerprint density at radius 3 is 2.80 bits per heavy atom. The molecule has 0 aromatic heterocycles. The number of piperidine rings is 1. The Bertz CT molecular complexity index is 225. The molecule has 0 spiro atoms. The second kappa shape index (κ2) is 5.82. The third kappa shape index (κ3) is 3.60. The second-order valence-corrected chi connectivity index (χ2v) is 3.91. The molecule has 1 aliphatic heterocycles. The number of carbonyl (C=O) groups is 2. The molecule has 3 N–H and O–H groups in total. The number of aldehydes is 1. The zero-order valence-electron chi connectivity index (χ0n) is 8.90. The number of nitrogens with one attached hydrogen (secondary N) is 2. The van der Waals surface area contributed by atoms with Gasteiger partial charge < -0.3 is 20.5 Å². The summed E-state index contributed by atoms with van der Waals surface area (Å²) in [6.45, 7) is 2.31. The van der Waals surface area contributed by atoms with E-state index >= 15 is 0 Å². The summed E-state index contributed by atoms with van der Waals surface area (Å²) >= 11 is 0. The van der Waals surface area contributed by atoms with Crippen LogP contribution in [0.2, 0.25) is 0 Å². The maximum Gasteiger partial charge on any atom is 0.237 e. The fourth-order valence-corrected chi connectivity index (χ4v) is 1.61. The van der Waals surface area contributed by atoms with Gasteiger partial charge in [-0.15, -0.1) is 0 Å². The normalized spacial score (nSPS) is 25.3. The van der Waals surface area contributed by atoms with Crippen LogP contribution in [0.4, 0.5) is 0 Å². The van der Waals surface area contributed by atoms with Crippen molar-refractivity contribution >= 4 is 12.2 Å². The molecular weight excluding hydrogens is 196 g/mol. The monoisotopic (exact) mass is 214 g/mol. The Balaban J connectivity index is 2.42. The summed E-state index contributed by atoms with van der Waals surface area (Å²) in [5.41, 5.74) is 0. The summed E-state index contributed by atoms with van der Waals surface area (Å²) in [5.74, 6) is -0.201. The summed E-state index contributed by atoms with van der Waals surface area (Å²) in [6, 6.07) is -1.03. The number of hydrogen-bond donors (Lipinski definition) is 3. The van der Waals surface area contributed by atoms with E-state index in [1.165, 1.54) is 6.92 Å². The van der Waals surface area contributed by atoms with Gasteiger partial charge in [0.05, 0.1) is 12.1 Å². The van der Waals surface area contributed by atoms with E-state index < -0.39 is 12.1 Å². The van der Waals surface area contributed by atoms with Gasteiger partial charge in [0.15, 0.2) is 0 Å². The maximum atomic E-state index is 11.6. The number of carbonyl (C=O) groups excluding carboxylic acids is 2. The molecule has 5 heteroatoms. The number of aliphatic hydroxyl groups excluding tert-OH is 1. The zero-order valence-corrected chi connectivity index (χ0v) is 8.90. The average molecular weight is 214 g/mol. The first-order valence-corrected chi connectivity index (χ1v) is 5.32. The van der Waals surface area contributed by atoms with Crippen LogP contribution in [0, 0.1) is 0 Å². The lowest BCUT2D eigenvalue weighted by Crippen LogP contribution is -2.52. The molecule has 1 fully saturated rings. The van der Waals surface area contributed by atoms with Crippen molar-refractivity contribution in [1.82, 2.24) is 10.6 Å². The van der Waals surface area contributed by atoms with Crippen molar-refractivity contribution < 1.29 is 14.7 Å². The fourth-order valence-electron chi connectivity index (χ4n) is 1.61. The van der Waals surface area contributed by atoms with Gasteiger partial charge in [-0.1, -0.05) is 6.42 Å². The van der Waals surface area contributed by atoms with Gasteiger partial charge in [0.25, 0.3) is 0 Å². The van der Waals surface area contributed by atoms with E-state index in [2.05, 4.69) is 10.6 Å². The van der Waals surface area contributed by atoms with E-state index in [0.717, 1.165) is 25.8 Å². The third-order valence-electron chi connectivity index (χ3n) is 2.60. The van der Waals surface area contributed by atoms with Gasteiger partial charge in [-0.2, -0.15) is 0 Å². The van der Waals surface area contributed by atoms with E-state index in [-0.39, 0.29) is 11.9 Å². The number of aliphatic hydroxyl groups is 1. The van der Waals surface area contributed by atoms with Gasteiger partial charge in [0, 0.05) is 0 Å². The van der Waals surface area contributed by atoms with Crippen LogP contribution in [0.15, 0.2) is 0 Å². The fraction of sp³-hybridized carbons (Fsp3) is 0.800. The van der Waals surface area contributed by atoms with Crippen molar-refractivity contribution in [3.05, 3.63) is 0 Å². The van der Waals surface area contributed by atoms with Gasteiger partial charge in [0.1, 0.15) is 12.3 Å². The molecule has 0 bridgehead atoms. The molecule has 0 aliphatic carbocycles. The molecular formula is C10H18N2O3. The van der Waals surface area contributed by atoms with Crippen LogP contribution in [-0.4, -0.2) is 42.0 Å². The van der Waals surface area contributed by atoms with Gasteiger partial charge in [-0.25, -0.2) is 0 Å². The minimum atomic E-state index is -0.852. The Hall–Kier alpha value is -0.940. The second-order valence-electron chi connectivity index (χ2n) is 3.91. The van der Waals surface area contributed by atoms with Crippen molar-refractivity contribution in [2.45, 2.75) is 44.4 Å². The van der Waals surface area contributed by atoms with E-state index in [0.29, 0.717) is 6.29 Å². The van der Waals surface area contributed by atoms with Crippen LogP contribution in [0.3, 0.4) is 0 Å². The lowest BCUT2D eigenvalue weighted by atomic mass is 10.0. The van der Waals surface area contributed by atoms with Crippen molar-refractivity contribution in [3.8, 4) is 0 Å². The molecule has 3 atom stereocenters. The molecule has 1 rings (SSSR count). The smallest absolute Gasteiger partial charge is 0.237 e. The molecule has 86 valence electrons. The number of rotatable bonds is 4. The van der Waals surface area contributed by atoms with Crippen molar-refractivity contribution in [2.75, 3.05) is 6.54 Å². The third-order valence-corrected chi connectivity index (χ3v) is 2.60. The Kier molecular flexibility index (Phi) is 4.71. The first kappa shape index (κ1) is 12.1. The predicted molar refractivity (Wildman–Crippen MR) is 55.3 cm³/mol. The highest BCUT2D eigenvalue weighted by molar-refractivity contribution is 5.84. The molecule has 0 unspecified atom stereocenters. The Morgan fingerprint density at radius 2 is 2.33 bits per heavy atom. The Morgan fingerprint density at radius 1 is 1.60 bits per heavy atom. The van der Waals surface area contributed by atoms with Crippen LogP contribution in [0.5, 0.6) is 0 Å². The quantitative estimate of drug-likeness (QED) is 0.535. The number of hydrogen-bond acceptors (Lipinski definition) is 4. The van der Waals surface area contributed by atoms with Gasteiger partial charge in [-0.05, 0) is 26.3 Å². The summed E-state index contributed by atoms with van der Waals surface area (Å²) in [5, 5.41) is 14.8. The SMILES string of the molecule is C[C@@H](O)[C@@H](C=O)NC(=O)[C@@H]1CCCCN1. The lowest BCUT2D eigenvalue weighted by Gasteiger charge is -2.24. The van der Waals surface area contributed by atoms with Crippen molar-refractivity contribution in [2.24, 2.45) is 0 Å². The highest BCUT2D eigenvalue weighted by Crippen LogP contribution is 2.07. The zero-order chi connectivity index (χ0) is 11.3. The van der Waals surface area contributed by atoms with E-state index in [1.807, 2.05) is 0 Å². The minimum Gasteiger partial charge on any atom is -0.391 e. The highest BCUT2D eigenvalue weighted by Gasteiger charge is 2.24. The summed E-state index contributed by atoms with van der Waals surface area (Å²) < 4.78 is 0. The topological polar surface area (TPSA) is 78.4 Å². The molecule has 15 heavy (non-hydrogen) atoms. The van der Waals surface area contributed by atoms with Crippen LogP contribution in [-0.2, 0) is 9.59 Å². The molecule has 0 aromatic rings. The molecule has 5 nitrogen and oxygen atoms in total. The molecule has 1 aliphatic rings. The molecule has 1 amide bonds. The first-order chi connectivity index (χ1) is 7.15. The van der Waals surface area contributed by atoms with E-state index in [9.17, 15) is 14.7 Å². The standard InChI is InChI=1S/C10H18N2O3/c1-7(14)9(6-13)12-10(15)8-4-2-3-5-11-8/h6-9,11,14H,2-5H2,1H3,(H,12,15)/t7-,8+,9-/m1/s1. The molecule has 0 aromatic carbocycles. The summed E-state index contributed by atoms with van der Waals surface area (Å²) in [4.78, 5) is 22.2. The summed E-state index contributed by atoms with van der Waals surface area (Å²) in [7, 11) is 0. The van der Waals surface area contributed by atoms with Gasteiger partial charge >= 0.3 is 0 Å². The van der Waals surface area contributed by atoms with Gasteiger partial charge in [-0.3, -0.25) is 4.79 Å². The molecule has 0 radical (unpaired) electrons. The maximum absolute atomic E-state index is 11.6. The first-order valence-electron chi connectivity index (χ1n) is 5.32. The van der Waals surface area contributed by atoms with Crippen molar-refractivity contribution in [3.63, 3.8) is 0 Å². The van der Waals surface area contributed by atoms with E-state index in [4.69, 9.17) is 0 Å². The van der Waals surface area contributed by atoms with Crippen LogP contribution < -0.4 is 10.6 Å².